The van der Waals surface area contributed by atoms with E-state index in [0.29, 0.717) is 0 Å². The minimum atomic E-state index is -0.228. The van der Waals surface area contributed by atoms with Crippen molar-refractivity contribution in [2.24, 2.45) is 5.84 Å². The third kappa shape index (κ3) is 7.39. The van der Waals surface area contributed by atoms with Crippen LogP contribution in [0.25, 0.3) is 0 Å². The van der Waals surface area contributed by atoms with Crippen LogP contribution in [0.1, 0.15) is 76.3 Å². The van der Waals surface area contributed by atoms with Crippen molar-refractivity contribution in [3.63, 3.8) is 0 Å². The van der Waals surface area contributed by atoms with Crippen LogP contribution in [-0.4, -0.2) is 0 Å². The topological polar surface area (TPSA) is 38.0 Å². The van der Waals surface area contributed by atoms with Crippen molar-refractivity contribution in [1.29, 1.82) is 0 Å². The van der Waals surface area contributed by atoms with E-state index in [9.17, 15) is 4.39 Å². The molecule has 0 radical (unpaired) electrons. The van der Waals surface area contributed by atoms with Crippen molar-refractivity contribution in [3.8, 4) is 0 Å². The Bertz CT molecular complexity index is 398. The first kappa shape index (κ1) is 18.6. The van der Waals surface area contributed by atoms with Crippen LogP contribution in [0.4, 0.5) is 4.39 Å². The molecule has 0 amide bonds. The van der Waals surface area contributed by atoms with Gasteiger partial charge in [-0.05, 0) is 24.1 Å². The molecule has 0 aliphatic heterocycles. The summed E-state index contributed by atoms with van der Waals surface area (Å²) in [5, 5.41) is 0. The summed E-state index contributed by atoms with van der Waals surface area (Å²) in [6.45, 7) is 2.24. The molecule has 4 heteroatoms. The first-order valence-electron chi connectivity index (χ1n) is 8.10. The molecular weight excluding hydrogens is 331 g/mol. The summed E-state index contributed by atoms with van der Waals surface area (Å²) in [7, 11) is 0. The molecule has 3 N–H and O–H groups in total. The maximum Gasteiger partial charge on any atom is 0.124 e. The van der Waals surface area contributed by atoms with Crippen molar-refractivity contribution >= 4 is 15.9 Å². The molecule has 120 valence electrons. The molecule has 21 heavy (non-hydrogen) atoms. The Kier molecular flexibility index (Phi) is 9.89. The predicted octanol–water partition coefficient (Wildman–Crippen LogP) is 5.62. The highest BCUT2D eigenvalue weighted by atomic mass is 79.9. The van der Waals surface area contributed by atoms with E-state index in [-0.39, 0.29) is 11.9 Å². The van der Waals surface area contributed by atoms with E-state index in [2.05, 4.69) is 28.3 Å². The zero-order chi connectivity index (χ0) is 15.5. The number of halogens is 2. The number of nitrogens with one attached hydrogen (secondary N) is 1. The zero-order valence-corrected chi connectivity index (χ0v) is 14.6. The van der Waals surface area contributed by atoms with Crippen LogP contribution in [0.3, 0.4) is 0 Å². The Morgan fingerprint density at radius 3 is 2.29 bits per heavy atom. The second kappa shape index (κ2) is 11.2. The number of hydrazine groups is 1. The summed E-state index contributed by atoms with van der Waals surface area (Å²) in [6, 6.07) is 4.86. The van der Waals surface area contributed by atoms with Gasteiger partial charge in [0.2, 0.25) is 0 Å². The molecule has 2 nitrogen and oxygen atoms in total. The van der Waals surface area contributed by atoms with E-state index in [1.807, 2.05) is 0 Å². The van der Waals surface area contributed by atoms with Gasteiger partial charge >= 0.3 is 0 Å². The third-order valence-corrected chi connectivity index (χ3v) is 4.57. The molecule has 0 fully saturated rings. The number of hydrogen-bond donors (Lipinski definition) is 2. The molecule has 1 aromatic rings. The molecule has 1 atom stereocenters. The summed E-state index contributed by atoms with van der Waals surface area (Å²) in [4.78, 5) is 0. The lowest BCUT2D eigenvalue weighted by molar-refractivity contribution is 0.473. The van der Waals surface area contributed by atoms with E-state index < -0.39 is 0 Å². The number of benzene rings is 1. The van der Waals surface area contributed by atoms with E-state index in [1.54, 1.807) is 6.07 Å². The van der Waals surface area contributed by atoms with Crippen molar-refractivity contribution in [2.75, 3.05) is 0 Å². The van der Waals surface area contributed by atoms with Gasteiger partial charge < -0.3 is 0 Å². The molecule has 1 aromatic carbocycles. The van der Waals surface area contributed by atoms with E-state index in [4.69, 9.17) is 5.84 Å². The zero-order valence-electron chi connectivity index (χ0n) is 13.0. The van der Waals surface area contributed by atoms with Gasteiger partial charge in [-0.15, -0.1) is 0 Å². The van der Waals surface area contributed by atoms with Crippen LogP contribution in [0, 0.1) is 5.82 Å². The summed E-state index contributed by atoms with van der Waals surface area (Å²) < 4.78 is 13.9. The molecule has 0 saturated carbocycles. The molecule has 1 unspecified atom stereocenters. The third-order valence-electron chi connectivity index (χ3n) is 3.89. The molecule has 0 spiro atoms. The van der Waals surface area contributed by atoms with Crippen LogP contribution >= 0.6 is 15.9 Å². The van der Waals surface area contributed by atoms with Gasteiger partial charge in [0.25, 0.3) is 0 Å². The SMILES string of the molecule is CCCCCCCCCCC(NN)c1ccc(F)cc1Br. The second-order valence-electron chi connectivity index (χ2n) is 5.65. The first-order chi connectivity index (χ1) is 10.2. The van der Waals surface area contributed by atoms with Crippen LogP contribution in [0.2, 0.25) is 0 Å². The summed E-state index contributed by atoms with van der Waals surface area (Å²) in [6.07, 6.45) is 11.4. The molecule has 1 rings (SSSR count). The lowest BCUT2D eigenvalue weighted by atomic mass is 10.00. The smallest absolute Gasteiger partial charge is 0.124 e. The molecule has 0 aromatic heterocycles. The van der Waals surface area contributed by atoms with E-state index in [0.717, 1.165) is 22.9 Å². The minimum Gasteiger partial charge on any atom is -0.271 e. The maximum atomic E-state index is 13.1. The quantitative estimate of drug-likeness (QED) is 0.306. The lowest BCUT2D eigenvalue weighted by Crippen LogP contribution is -2.28. The fraction of sp³-hybridized carbons (Fsp3) is 0.647. The Labute approximate surface area is 136 Å². The van der Waals surface area contributed by atoms with Crippen LogP contribution in [-0.2, 0) is 0 Å². The van der Waals surface area contributed by atoms with Crippen LogP contribution < -0.4 is 11.3 Å². The number of nitrogens with two attached hydrogens (primary N) is 1. The van der Waals surface area contributed by atoms with Gasteiger partial charge in [-0.3, -0.25) is 11.3 Å². The number of unbranched alkanes of at least 4 members (excludes halogenated alkanes) is 7. The molecule has 0 aliphatic carbocycles. The van der Waals surface area contributed by atoms with Gasteiger partial charge in [-0.25, -0.2) is 4.39 Å². The van der Waals surface area contributed by atoms with Crippen molar-refractivity contribution < 1.29 is 4.39 Å². The van der Waals surface area contributed by atoms with Crippen molar-refractivity contribution in [2.45, 2.75) is 70.8 Å². The Morgan fingerprint density at radius 1 is 1.10 bits per heavy atom. The normalized spacial score (nSPS) is 12.6. The standard InChI is InChI=1S/C17H28BrFN2/c1-2-3-4-5-6-7-8-9-10-17(21-20)15-12-11-14(19)13-16(15)18/h11-13,17,21H,2-10,20H2,1H3. The fourth-order valence-corrected chi connectivity index (χ4v) is 3.22. The van der Waals surface area contributed by atoms with Crippen molar-refractivity contribution in [1.82, 2.24) is 5.43 Å². The molecular formula is C17H28BrFN2. The molecule has 0 saturated heterocycles. The fourth-order valence-electron chi connectivity index (χ4n) is 2.60. The summed E-state index contributed by atoms with van der Waals surface area (Å²) >= 11 is 3.41. The average Bonchev–Trinajstić information content (AvgIpc) is 2.47. The van der Waals surface area contributed by atoms with Gasteiger partial charge in [-0.1, -0.05) is 80.3 Å². The van der Waals surface area contributed by atoms with E-state index in [1.165, 1.54) is 57.1 Å². The average molecular weight is 359 g/mol. The minimum absolute atomic E-state index is 0.0834. The molecule has 0 aliphatic rings. The van der Waals surface area contributed by atoms with Crippen molar-refractivity contribution in [3.05, 3.63) is 34.1 Å². The van der Waals surface area contributed by atoms with Gasteiger partial charge in [0, 0.05) is 10.5 Å². The second-order valence-corrected chi connectivity index (χ2v) is 6.50. The number of hydrogen-bond acceptors (Lipinski definition) is 2. The van der Waals surface area contributed by atoms with E-state index >= 15 is 0 Å². The van der Waals surface area contributed by atoms with Gasteiger partial charge in [0.05, 0.1) is 0 Å². The van der Waals surface area contributed by atoms with Gasteiger partial charge in [0.1, 0.15) is 5.82 Å². The Morgan fingerprint density at radius 2 is 1.71 bits per heavy atom. The summed E-state index contributed by atoms with van der Waals surface area (Å²) in [5.41, 5.74) is 3.87. The van der Waals surface area contributed by atoms with Gasteiger partial charge in [0.15, 0.2) is 0 Å². The molecule has 0 heterocycles. The monoisotopic (exact) mass is 358 g/mol. The van der Waals surface area contributed by atoms with Crippen LogP contribution in [0.15, 0.2) is 22.7 Å². The maximum absolute atomic E-state index is 13.1. The van der Waals surface area contributed by atoms with Gasteiger partial charge in [-0.2, -0.15) is 0 Å². The first-order valence-corrected chi connectivity index (χ1v) is 8.89. The predicted molar refractivity (Wildman–Crippen MR) is 91.4 cm³/mol. The Balaban J connectivity index is 2.25. The number of rotatable bonds is 11. The lowest BCUT2D eigenvalue weighted by Gasteiger charge is -2.17. The summed E-state index contributed by atoms with van der Waals surface area (Å²) in [5.74, 6) is 5.41. The Hall–Kier alpha value is -0.450. The van der Waals surface area contributed by atoms with Crippen LogP contribution in [0.5, 0.6) is 0 Å². The highest BCUT2D eigenvalue weighted by Crippen LogP contribution is 2.27. The molecule has 0 bridgehead atoms. The highest BCUT2D eigenvalue weighted by Gasteiger charge is 2.13. The highest BCUT2D eigenvalue weighted by molar-refractivity contribution is 9.10. The largest absolute Gasteiger partial charge is 0.271 e.